The van der Waals surface area contributed by atoms with Crippen LogP contribution < -0.4 is 0 Å². The fourth-order valence-electron chi connectivity index (χ4n) is 12.7. The summed E-state index contributed by atoms with van der Waals surface area (Å²) in [5, 5.41) is 86.4. The standard InChI is InChI=1S/C41H64O17/c1-19-32(58-35-30(46)29(45)28(44)26(57-35)16-53-37-34(48)40(49,17-42)18-54-37)33(51-4)31(47)36(55-19)56-22-7-10-38(2)21(14-22)5-6-25-24(38)8-11-39(3)23(9-12-41(25,39)50)20-13-27(43)52-15-20/h13,19,21-26,28-37,42,44-50H,5-12,14-18H2,1-4H3/t19-,21+,22-,23-,24-,25+,26+,28+,29-,30+,31-,32-,33-,34-,35-,36-,37+,38-,39+,40+,41+/m0/s1. The molecule has 0 radical (unpaired) electrons. The topological polar surface area (TPSA) is 253 Å². The van der Waals surface area contributed by atoms with Gasteiger partial charge in [-0.25, -0.2) is 4.79 Å². The summed E-state index contributed by atoms with van der Waals surface area (Å²) in [5.41, 5.74) is -1.98. The van der Waals surface area contributed by atoms with Gasteiger partial charge in [-0.05, 0) is 99.4 Å². The number of aliphatic hydroxyl groups excluding tert-OH is 6. The molecule has 0 aromatic rings. The summed E-state index contributed by atoms with van der Waals surface area (Å²) in [7, 11) is 1.41. The smallest absolute Gasteiger partial charge is 0.331 e. The number of methoxy groups -OCH3 is 1. The highest BCUT2D eigenvalue weighted by Crippen LogP contribution is 2.70. The minimum atomic E-state index is -1.93. The number of rotatable bonds is 10. The van der Waals surface area contributed by atoms with E-state index < -0.39 is 105 Å². The van der Waals surface area contributed by atoms with Crippen molar-refractivity contribution >= 4 is 5.97 Å². The fourth-order valence-corrected chi connectivity index (χ4v) is 12.7. The Bertz CT molecular complexity index is 1530. The number of aliphatic hydroxyl groups is 8. The number of hydrogen-bond donors (Lipinski definition) is 8. The molecule has 8 aliphatic rings. The third-order valence-corrected chi connectivity index (χ3v) is 16.2. The van der Waals surface area contributed by atoms with Gasteiger partial charge in [0.15, 0.2) is 18.9 Å². The maximum Gasteiger partial charge on any atom is 0.331 e. The molecule has 0 aromatic carbocycles. The van der Waals surface area contributed by atoms with Crippen LogP contribution in [-0.4, -0.2) is 171 Å². The van der Waals surface area contributed by atoms with Crippen LogP contribution in [0, 0.1) is 34.5 Å². The van der Waals surface area contributed by atoms with E-state index in [4.69, 9.17) is 37.9 Å². The first kappa shape index (κ1) is 43.3. The molecule has 0 aromatic heterocycles. The van der Waals surface area contributed by atoms with E-state index >= 15 is 0 Å². The van der Waals surface area contributed by atoms with Gasteiger partial charge in [0, 0.05) is 18.6 Å². The van der Waals surface area contributed by atoms with E-state index in [9.17, 15) is 45.6 Å². The molecule has 17 nitrogen and oxygen atoms in total. The van der Waals surface area contributed by atoms with E-state index in [0.717, 1.165) is 63.4 Å². The molecule has 7 fully saturated rings. The van der Waals surface area contributed by atoms with Crippen molar-refractivity contribution in [1.82, 2.24) is 0 Å². The first-order chi connectivity index (χ1) is 27.5. The predicted octanol–water partition coefficient (Wildman–Crippen LogP) is -0.601. The predicted molar refractivity (Wildman–Crippen MR) is 197 cm³/mol. The van der Waals surface area contributed by atoms with Crippen molar-refractivity contribution in [2.45, 2.75) is 170 Å². The van der Waals surface area contributed by atoms with Gasteiger partial charge >= 0.3 is 5.97 Å². The molecule has 17 heteroatoms. The summed E-state index contributed by atoms with van der Waals surface area (Å²) in [6, 6.07) is 0. The van der Waals surface area contributed by atoms with Gasteiger partial charge in [0.05, 0.1) is 37.6 Å². The zero-order valence-electron chi connectivity index (χ0n) is 33.8. The van der Waals surface area contributed by atoms with Crippen molar-refractivity contribution < 1.29 is 83.5 Å². The third kappa shape index (κ3) is 7.01. The molecule has 0 bridgehead atoms. The van der Waals surface area contributed by atoms with Crippen molar-refractivity contribution in [3.8, 4) is 0 Å². The van der Waals surface area contributed by atoms with Crippen molar-refractivity contribution in [3.63, 3.8) is 0 Å². The molecule has 0 unspecified atom stereocenters. The third-order valence-electron chi connectivity index (χ3n) is 16.2. The number of carbonyl (C=O) groups is 1. The van der Waals surface area contributed by atoms with Crippen LogP contribution in [0.1, 0.15) is 78.6 Å². The van der Waals surface area contributed by atoms with Gasteiger partial charge in [0.25, 0.3) is 0 Å². The Labute approximate surface area is 338 Å². The lowest BCUT2D eigenvalue weighted by Crippen LogP contribution is -2.64. The zero-order valence-corrected chi connectivity index (χ0v) is 33.8. The maximum absolute atomic E-state index is 12.6. The summed E-state index contributed by atoms with van der Waals surface area (Å²) in [6.07, 6.45) is -6.58. The Morgan fingerprint density at radius 2 is 1.59 bits per heavy atom. The molecule has 58 heavy (non-hydrogen) atoms. The Morgan fingerprint density at radius 3 is 2.28 bits per heavy atom. The second-order valence-corrected chi connectivity index (χ2v) is 19.1. The van der Waals surface area contributed by atoms with E-state index in [1.807, 2.05) is 0 Å². The number of carbonyl (C=O) groups excluding carboxylic acids is 1. The number of fused-ring (bicyclic) bond motifs is 5. The van der Waals surface area contributed by atoms with Gasteiger partial charge in [0.1, 0.15) is 61.0 Å². The van der Waals surface area contributed by atoms with Crippen LogP contribution in [0.25, 0.3) is 0 Å². The lowest BCUT2D eigenvalue weighted by atomic mass is 9.43. The Morgan fingerprint density at radius 1 is 0.828 bits per heavy atom. The SMILES string of the molecule is CO[C@H]1[C@H](O)[C@H](O[C@H]2CC[C@@]3(C)[C@H](CC[C@@H]4[C@@H]3CC[C@]3(C)[C@H](C5=CC(=O)OC5)CC[C@@]43O)C2)O[C@@H](C)[C@@H]1O[C@@H]1O[C@H](CO[C@@H]2OC[C@](O)(CO)[C@H]2O)[C@@H](O)[C@H](O)[C@H]1O. The van der Waals surface area contributed by atoms with Gasteiger partial charge in [-0.1, -0.05) is 13.8 Å². The highest BCUT2D eigenvalue weighted by atomic mass is 16.8. The zero-order chi connectivity index (χ0) is 41.5. The largest absolute Gasteiger partial charge is 0.458 e. The first-order valence-electron chi connectivity index (χ1n) is 21.2. The van der Waals surface area contributed by atoms with Crippen LogP contribution in [0.3, 0.4) is 0 Å². The molecule has 21 atom stereocenters. The Hall–Kier alpha value is -1.39. The van der Waals surface area contributed by atoms with Gasteiger partial charge in [0.2, 0.25) is 0 Å². The van der Waals surface area contributed by atoms with Crippen LogP contribution in [-0.2, 0) is 42.7 Å². The van der Waals surface area contributed by atoms with E-state index in [1.54, 1.807) is 13.0 Å². The molecule has 8 N–H and O–H groups in total. The molecule has 0 amide bonds. The summed E-state index contributed by atoms with van der Waals surface area (Å²) >= 11 is 0. The van der Waals surface area contributed by atoms with Gasteiger partial charge in [-0.15, -0.1) is 0 Å². The number of ether oxygens (including phenoxy) is 8. The van der Waals surface area contributed by atoms with Gasteiger partial charge in [-0.2, -0.15) is 0 Å². The average Bonchev–Trinajstić information content (AvgIpc) is 3.85. The second-order valence-electron chi connectivity index (χ2n) is 19.1. The minimum absolute atomic E-state index is 0.0195. The van der Waals surface area contributed by atoms with Crippen LogP contribution in [0.5, 0.6) is 0 Å². The van der Waals surface area contributed by atoms with Crippen molar-refractivity contribution in [2.24, 2.45) is 34.5 Å². The van der Waals surface area contributed by atoms with Crippen LogP contribution in [0.4, 0.5) is 0 Å². The van der Waals surface area contributed by atoms with Crippen molar-refractivity contribution in [2.75, 3.05) is 33.5 Å². The normalized spacial score (nSPS) is 54.4. The van der Waals surface area contributed by atoms with Crippen molar-refractivity contribution in [3.05, 3.63) is 11.6 Å². The maximum atomic E-state index is 12.6. The quantitative estimate of drug-likeness (QED) is 0.101. The lowest BCUT2D eigenvalue weighted by molar-refractivity contribution is -0.364. The molecular formula is C41H64O17. The molecular weight excluding hydrogens is 764 g/mol. The minimum Gasteiger partial charge on any atom is -0.458 e. The molecule has 0 spiro atoms. The first-order valence-corrected chi connectivity index (χ1v) is 21.2. The molecule has 4 saturated carbocycles. The summed E-state index contributed by atoms with van der Waals surface area (Å²) in [4.78, 5) is 12.0. The monoisotopic (exact) mass is 828 g/mol. The summed E-state index contributed by atoms with van der Waals surface area (Å²) < 4.78 is 46.5. The van der Waals surface area contributed by atoms with Gasteiger partial charge < -0.3 is 78.7 Å². The molecule has 4 aliphatic carbocycles. The molecule has 4 heterocycles. The summed E-state index contributed by atoms with van der Waals surface area (Å²) in [5.74, 6) is 0.769. The van der Waals surface area contributed by atoms with Crippen LogP contribution >= 0.6 is 0 Å². The average molecular weight is 829 g/mol. The number of hydrogen-bond acceptors (Lipinski definition) is 17. The Balaban J connectivity index is 0.876. The van der Waals surface area contributed by atoms with E-state index in [0.29, 0.717) is 18.4 Å². The highest BCUT2D eigenvalue weighted by Gasteiger charge is 2.68. The summed E-state index contributed by atoms with van der Waals surface area (Å²) in [6.45, 7) is 5.06. The number of cyclic esters (lactones) is 1. The van der Waals surface area contributed by atoms with Crippen LogP contribution in [0.15, 0.2) is 11.6 Å². The molecule has 8 rings (SSSR count). The van der Waals surface area contributed by atoms with E-state index in [2.05, 4.69) is 13.8 Å². The van der Waals surface area contributed by atoms with Gasteiger partial charge in [-0.3, -0.25) is 0 Å². The number of esters is 1. The highest BCUT2D eigenvalue weighted by molar-refractivity contribution is 5.85. The van der Waals surface area contributed by atoms with E-state index in [-0.39, 0.29) is 34.7 Å². The Kier molecular flexibility index (Phi) is 12.0. The fraction of sp³-hybridized carbons (Fsp3) is 0.927. The second kappa shape index (κ2) is 16.1. The van der Waals surface area contributed by atoms with Crippen LogP contribution in [0.2, 0.25) is 0 Å². The lowest BCUT2D eigenvalue weighted by Gasteiger charge is -2.64. The molecule has 4 aliphatic heterocycles. The molecule has 330 valence electrons. The molecule has 3 saturated heterocycles. The van der Waals surface area contributed by atoms with E-state index in [1.165, 1.54) is 7.11 Å². The van der Waals surface area contributed by atoms with Crippen molar-refractivity contribution in [1.29, 1.82) is 0 Å².